The van der Waals surface area contributed by atoms with Gasteiger partial charge < -0.3 is 4.74 Å². The van der Waals surface area contributed by atoms with Gasteiger partial charge in [0.2, 0.25) is 0 Å². The number of ether oxygens (including phenoxy) is 1. The molecule has 1 heterocycles. The van der Waals surface area contributed by atoms with Crippen molar-refractivity contribution in [2.24, 2.45) is 10.9 Å². The van der Waals surface area contributed by atoms with Crippen molar-refractivity contribution in [3.8, 4) is 0 Å². The molecule has 0 N–H and O–H groups in total. The highest BCUT2D eigenvalue weighted by atomic mass is 79.9. The molecule has 0 saturated heterocycles. The van der Waals surface area contributed by atoms with Gasteiger partial charge >= 0.3 is 5.97 Å². The molecule has 0 amide bonds. The number of allylic oxidation sites excluding steroid dienone is 1. The van der Waals surface area contributed by atoms with E-state index in [2.05, 4.69) is 20.9 Å². The summed E-state index contributed by atoms with van der Waals surface area (Å²) >= 11 is 3.38. The number of halogens is 1. The Kier molecular flexibility index (Phi) is 3.25. The van der Waals surface area contributed by atoms with Crippen LogP contribution in [0.5, 0.6) is 0 Å². The summed E-state index contributed by atoms with van der Waals surface area (Å²) in [6.45, 7) is 4.03. The van der Waals surface area contributed by atoms with Crippen LogP contribution in [0.1, 0.15) is 13.8 Å². The van der Waals surface area contributed by atoms with E-state index >= 15 is 0 Å². The van der Waals surface area contributed by atoms with Crippen molar-refractivity contribution >= 4 is 28.1 Å². The van der Waals surface area contributed by atoms with Crippen molar-refractivity contribution in [2.45, 2.75) is 18.3 Å². The summed E-state index contributed by atoms with van der Waals surface area (Å²) < 4.78 is 4.36. The van der Waals surface area contributed by atoms with E-state index in [1.165, 1.54) is 0 Å². The van der Waals surface area contributed by atoms with E-state index in [0.717, 1.165) is 0 Å². The number of dihydropyridines is 1. The highest BCUT2D eigenvalue weighted by Gasteiger charge is 2.36. The Morgan fingerprint density at radius 2 is 2.46 bits per heavy atom. The fourth-order valence-corrected chi connectivity index (χ4v) is 1.59. The monoisotopic (exact) mass is 245 g/mol. The summed E-state index contributed by atoms with van der Waals surface area (Å²) in [5, 5.41) is 0. The minimum atomic E-state index is -0.562. The van der Waals surface area contributed by atoms with Crippen LogP contribution in [0.25, 0.3) is 0 Å². The van der Waals surface area contributed by atoms with Gasteiger partial charge in [0.25, 0.3) is 0 Å². The van der Waals surface area contributed by atoms with Crippen LogP contribution in [0.3, 0.4) is 0 Å². The highest BCUT2D eigenvalue weighted by Crippen LogP contribution is 2.32. The normalized spacial score (nSPS) is 31.8. The van der Waals surface area contributed by atoms with Crippen molar-refractivity contribution in [3.63, 3.8) is 0 Å². The zero-order chi connectivity index (χ0) is 9.90. The predicted molar refractivity (Wildman–Crippen MR) is 55.1 cm³/mol. The summed E-state index contributed by atoms with van der Waals surface area (Å²) in [7, 11) is 0. The van der Waals surface area contributed by atoms with Gasteiger partial charge in [0.15, 0.2) is 0 Å². The molecule has 0 aliphatic carbocycles. The lowest BCUT2D eigenvalue weighted by Gasteiger charge is -2.26. The van der Waals surface area contributed by atoms with Crippen LogP contribution in [0, 0.1) is 5.92 Å². The molecule has 0 bridgehead atoms. The molecule has 1 rings (SSSR count). The van der Waals surface area contributed by atoms with Crippen LogP contribution >= 0.6 is 15.9 Å². The van der Waals surface area contributed by atoms with Gasteiger partial charge in [-0.2, -0.15) is 0 Å². The second-order valence-electron chi connectivity index (χ2n) is 2.92. The Balaban J connectivity index is 2.74. The predicted octanol–water partition coefficient (Wildman–Crippen LogP) is 1.92. The Morgan fingerprint density at radius 3 is 3.00 bits per heavy atom. The lowest BCUT2D eigenvalue weighted by atomic mass is 9.99. The summed E-state index contributed by atoms with van der Waals surface area (Å²) in [4.78, 5) is 15.6. The number of hydrogen-bond donors (Lipinski definition) is 0. The zero-order valence-corrected chi connectivity index (χ0v) is 9.24. The molecule has 1 aliphatic heterocycles. The van der Waals surface area contributed by atoms with Gasteiger partial charge in [-0.3, -0.25) is 9.79 Å². The van der Waals surface area contributed by atoms with Crippen LogP contribution in [0.15, 0.2) is 17.1 Å². The van der Waals surface area contributed by atoms with Gasteiger partial charge in [-0.05, 0) is 19.9 Å². The summed E-state index contributed by atoms with van der Waals surface area (Å²) in [5.74, 6) is -0.576. The molecule has 0 aromatic heterocycles. The van der Waals surface area contributed by atoms with Crippen molar-refractivity contribution in [2.75, 3.05) is 6.61 Å². The molecule has 2 atom stereocenters. The Bertz CT molecular complexity index is 258. The molecular weight excluding hydrogens is 234 g/mol. The van der Waals surface area contributed by atoms with Crippen molar-refractivity contribution in [1.82, 2.24) is 0 Å². The van der Waals surface area contributed by atoms with Crippen LogP contribution in [-0.4, -0.2) is 23.2 Å². The third-order valence-electron chi connectivity index (χ3n) is 1.82. The Hall–Kier alpha value is -0.640. The number of rotatable bonds is 2. The van der Waals surface area contributed by atoms with Crippen LogP contribution in [0.4, 0.5) is 0 Å². The van der Waals surface area contributed by atoms with E-state index in [4.69, 9.17) is 4.74 Å². The summed E-state index contributed by atoms with van der Waals surface area (Å²) in [6.07, 6.45) is 5.22. The van der Waals surface area contributed by atoms with Gasteiger partial charge in [-0.1, -0.05) is 22.0 Å². The van der Waals surface area contributed by atoms with E-state index in [1.54, 1.807) is 25.3 Å². The van der Waals surface area contributed by atoms with Crippen molar-refractivity contribution < 1.29 is 9.53 Å². The van der Waals surface area contributed by atoms with E-state index in [-0.39, 0.29) is 11.9 Å². The SMILES string of the molecule is CCOC(=O)C1C=CC=NC1(C)Br. The number of alkyl halides is 1. The van der Waals surface area contributed by atoms with E-state index in [9.17, 15) is 4.79 Å². The molecule has 2 unspecified atom stereocenters. The smallest absolute Gasteiger partial charge is 0.316 e. The molecule has 1 aliphatic rings. The first-order valence-corrected chi connectivity index (χ1v) is 4.95. The van der Waals surface area contributed by atoms with Crippen molar-refractivity contribution in [1.29, 1.82) is 0 Å². The topological polar surface area (TPSA) is 38.7 Å². The second kappa shape index (κ2) is 4.05. The van der Waals surface area contributed by atoms with Gasteiger partial charge in [0.1, 0.15) is 10.4 Å². The molecule has 13 heavy (non-hydrogen) atoms. The van der Waals surface area contributed by atoms with Crippen molar-refractivity contribution in [3.05, 3.63) is 12.2 Å². The fourth-order valence-electron chi connectivity index (χ4n) is 1.13. The minimum Gasteiger partial charge on any atom is -0.465 e. The molecule has 3 nitrogen and oxygen atoms in total. The van der Waals surface area contributed by atoms with E-state index < -0.39 is 4.45 Å². The number of carbonyl (C=O) groups excluding carboxylic acids is 1. The summed E-state index contributed by atoms with van der Waals surface area (Å²) in [6, 6.07) is 0. The molecule has 0 radical (unpaired) electrons. The van der Waals surface area contributed by atoms with Crippen LogP contribution in [-0.2, 0) is 9.53 Å². The fraction of sp³-hybridized carbons (Fsp3) is 0.556. The molecule has 4 heteroatoms. The van der Waals surface area contributed by atoms with Crippen LogP contribution < -0.4 is 0 Å². The Labute approximate surface area is 86.0 Å². The maximum absolute atomic E-state index is 11.4. The van der Waals surface area contributed by atoms with E-state index in [1.807, 2.05) is 6.92 Å². The standard InChI is InChI=1S/C9H12BrNO2/c1-3-13-8(12)7-5-4-6-11-9(7,2)10/h4-7H,3H2,1-2H3. The lowest BCUT2D eigenvalue weighted by Crippen LogP contribution is -2.34. The van der Waals surface area contributed by atoms with Gasteiger partial charge in [0.05, 0.1) is 6.61 Å². The van der Waals surface area contributed by atoms with Gasteiger partial charge in [-0.25, -0.2) is 0 Å². The first-order valence-electron chi connectivity index (χ1n) is 4.15. The quantitative estimate of drug-likeness (QED) is 0.424. The largest absolute Gasteiger partial charge is 0.465 e. The van der Waals surface area contributed by atoms with Gasteiger partial charge in [-0.15, -0.1) is 0 Å². The molecule has 0 spiro atoms. The molecule has 0 aromatic rings. The van der Waals surface area contributed by atoms with E-state index in [0.29, 0.717) is 6.61 Å². The molecule has 0 fully saturated rings. The first-order chi connectivity index (χ1) is 6.08. The minimum absolute atomic E-state index is 0.241. The Morgan fingerprint density at radius 1 is 1.77 bits per heavy atom. The maximum Gasteiger partial charge on any atom is 0.316 e. The maximum atomic E-state index is 11.4. The molecule has 0 aromatic carbocycles. The first kappa shape index (κ1) is 10.4. The second-order valence-corrected chi connectivity index (χ2v) is 4.52. The molecule has 72 valence electrons. The van der Waals surface area contributed by atoms with Crippen LogP contribution in [0.2, 0.25) is 0 Å². The zero-order valence-electron chi connectivity index (χ0n) is 7.66. The average molecular weight is 246 g/mol. The number of aliphatic imine (C=N–C) groups is 1. The highest BCUT2D eigenvalue weighted by molar-refractivity contribution is 9.10. The summed E-state index contributed by atoms with van der Waals surface area (Å²) in [5.41, 5.74) is 0. The average Bonchev–Trinajstić information content (AvgIpc) is 2.03. The third kappa shape index (κ3) is 2.40. The lowest BCUT2D eigenvalue weighted by molar-refractivity contribution is -0.147. The number of esters is 1. The number of nitrogens with zero attached hydrogens (tertiary/aromatic N) is 1. The number of hydrogen-bond acceptors (Lipinski definition) is 3. The number of carbonyl (C=O) groups is 1. The molecule has 0 saturated carbocycles. The van der Waals surface area contributed by atoms with Gasteiger partial charge in [0, 0.05) is 6.21 Å². The molecular formula is C9H12BrNO2. The third-order valence-corrected chi connectivity index (χ3v) is 2.52.